The van der Waals surface area contributed by atoms with E-state index in [2.05, 4.69) is 10.8 Å². The van der Waals surface area contributed by atoms with E-state index < -0.39 is 10.0 Å². The maximum Gasteiger partial charge on any atom is 0.240 e. The number of rotatable bonds is 5. The van der Waals surface area contributed by atoms with Gasteiger partial charge in [-0.3, -0.25) is 0 Å². The Kier molecular flexibility index (Phi) is 4.64. The summed E-state index contributed by atoms with van der Waals surface area (Å²) in [6.45, 7) is 0.165. The average molecular weight is 338 g/mol. The lowest BCUT2D eigenvalue weighted by atomic mass is 10.0. The molecule has 0 heterocycles. The highest BCUT2D eigenvalue weighted by atomic mass is 32.2. The van der Waals surface area contributed by atoms with Crippen LogP contribution < -0.4 is 4.72 Å². The first kappa shape index (κ1) is 16.2. The molecule has 0 amide bonds. The van der Waals surface area contributed by atoms with Gasteiger partial charge in [-0.2, -0.15) is 0 Å². The maximum atomic E-state index is 12.3. The van der Waals surface area contributed by atoms with Gasteiger partial charge in [-0.15, -0.1) is 0 Å². The molecular weight excluding hydrogens is 322 g/mol. The average Bonchev–Trinajstić information content (AvgIpc) is 2.61. The third-order valence-corrected chi connectivity index (χ3v) is 4.99. The van der Waals surface area contributed by atoms with Crippen molar-refractivity contribution in [2.45, 2.75) is 11.4 Å². The SMILES string of the molecule is O=S(=O)(NCc1cccc(-c2[c]cccc2O)c1)c1ccccc1. The minimum Gasteiger partial charge on any atom is -0.507 e. The number of phenols is 1. The van der Waals surface area contributed by atoms with Crippen LogP contribution in [0, 0.1) is 6.07 Å². The monoisotopic (exact) mass is 338 g/mol. The van der Waals surface area contributed by atoms with Crippen LogP contribution >= 0.6 is 0 Å². The predicted octanol–water partition coefficient (Wildman–Crippen LogP) is 3.34. The van der Waals surface area contributed by atoms with Crippen LogP contribution in [0.2, 0.25) is 0 Å². The first-order chi connectivity index (χ1) is 11.6. The van der Waals surface area contributed by atoms with E-state index >= 15 is 0 Å². The largest absolute Gasteiger partial charge is 0.507 e. The maximum absolute atomic E-state index is 12.3. The summed E-state index contributed by atoms with van der Waals surface area (Å²) in [5.74, 6) is 0.138. The number of benzene rings is 3. The van der Waals surface area contributed by atoms with Crippen LogP contribution in [0.3, 0.4) is 0 Å². The molecule has 3 rings (SSSR count). The fraction of sp³-hybridized carbons (Fsp3) is 0.0526. The lowest BCUT2D eigenvalue weighted by Gasteiger charge is -2.09. The molecule has 0 saturated carbocycles. The van der Waals surface area contributed by atoms with Crippen molar-refractivity contribution in [3.63, 3.8) is 0 Å². The quantitative estimate of drug-likeness (QED) is 0.750. The van der Waals surface area contributed by atoms with Crippen LogP contribution in [0.1, 0.15) is 5.56 Å². The Labute approximate surface area is 141 Å². The van der Waals surface area contributed by atoms with Crippen LogP contribution in [0.25, 0.3) is 11.1 Å². The first-order valence-corrected chi connectivity index (χ1v) is 8.88. The number of hydrogen-bond acceptors (Lipinski definition) is 3. The van der Waals surface area contributed by atoms with Gasteiger partial charge in [0.15, 0.2) is 0 Å². The number of sulfonamides is 1. The predicted molar refractivity (Wildman–Crippen MR) is 92.8 cm³/mol. The highest BCUT2D eigenvalue weighted by Gasteiger charge is 2.13. The van der Waals surface area contributed by atoms with Crippen molar-refractivity contribution in [2.24, 2.45) is 0 Å². The van der Waals surface area contributed by atoms with E-state index in [1.54, 1.807) is 48.5 Å². The van der Waals surface area contributed by atoms with Gasteiger partial charge >= 0.3 is 0 Å². The molecule has 0 aliphatic heterocycles. The lowest BCUT2D eigenvalue weighted by Crippen LogP contribution is -2.23. The normalized spacial score (nSPS) is 11.3. The molecule has 0 bridgehead atoms. The molecule has 2 N–H and O–H groups in total. The van der Waals surface area contributed by atoms with Gasteiger partial charge in [0.25, 0.3) is 0 Å². The summed E-state index contributed by atoms with van der Waals surface area (Å²) in [5, 5.41) is 9.92. The fourth-order valence-electron chi connectivity index (χ4n) is 2.36. The van der Waals surface area contributed by atoms with Crippen molar-refractivity contribution in [1.82, 2.24) is 4.72 Å². The smallest absolute Gasteiger partial charge is 0.240 e. The molecule has 0 aliphatic carbocycles. The van der Waals surface area contributed by atoms with Gasteiger partial charge in [0.1, 0.15) is 5.75 Å². The standard InChI is InChI=1S/C19H16NO3S/c21-19-12-5-4-11-18(19)16-8-6-7-15(13-16)14-20-24(22,23)17-9-2-1-3-10-17/h1-10,12-13,20-21H,14H2. The molecule has 0 aromatic heterocycles. The summed E-state index contributed by atoms with van der Waals surface area (Å²) in [4.78, 5) is 0.232. The van der Waals surface area contributed by atoms with Gasteiger partial charge in [0.2, 0.25) is 10.0 Å². The van der Waals surface area contributed by atoms with Gasteiger partial charge in [0, 0.05) is 12.1 Å². The molecule has 24 heavy (non-hydrogen) atoms. The van der Waals surface area contributed by atoms with E-state index in [0.29, 0.717) is 5.56 Å². The van der Waals surface area contributed by atoms with Gasteiger partial charge in [-0.05, 0) is 41.5 Å². The third-order valence-electron chi connectivity index (χ3n) is 3.57. The van der Waals surface area contributed by atoms with Gasteiger partial charge in [-0.1, -0.05) is 48.5 Å². The Hall–Kier alpha value is -2.63. The topological polar surface area (TPSA) is 66.4 Å². The Bertz CT molecular complexity index is 938. The second-order valence-corrected chi connectivity index (χ2v) is 7.04. The summed E-state index contributed by atoms with van der Waals surface area (Å²) >= 11 is 0. The van der Waals surface area contributed by atoms with Crippen molar-refractivity contribution >= 4 is 10.0 Å². The zero-order valence-corrected chi connectivity index (χ0v) is 13.6. The molecule has 0 saturated heterocycles. The Balaban J connectivity index is 1.80. The van der Waals surface area contributed by atoms with Crippen molar-refractivity contribution in [2.75, 3.05) is 0 Å². The highest BCUT2D eigenvalue weighted by molar-refractivity contribution is 7.89. The summed E-state index contributed by atoms with van der Waals surface area (Å²) in [5.41, 5.74) is 2.17. The minimum absolute atomic E-state index is 0.138. The van der Waals surface area contributed by atoms with Crippen molar-refractivity contribution in [3.05, 3.63) is 84.4 Å². The Morgan fingerprint density at radius 2 is 1.75 bits per heavy atom. The third kappa shape index (κ3) is 3.64. The number of nitrogens with one attached hydrogen (secondary N) is 1. The molecule has 1 radical (unpaired) electrons. The summed E-state index contributed by atoms with van der Waals surface area (Å²) in [7, 11) is -3.55. The van der Waals surface area contributed by atoms with Gasteiger partial charge in [0.05, 0.1) is 4.90 Å². The minimum atomic E-state index is -3.55. The van der Waals surface area contributed by atoms with E-state index in [4.69, 9.17) is 0 Å². The molecule has 0 aliphatic rings. The molecule has 4 nitrogen and oxygen atoms in total. The first-order valence-electron chi connectivity index (χ1n) is 7.40. The Morgan fingerprint density at radius 3 is 2.50 bits per heavy atom. The molecule has 3 aromatic carbocycles. The number of phenolic OH excluding ortho intramolecular Hbond substituents is 1. The van der Waals surface area contributed by atoms with Gasteiger partial charge in [-0.25, -0.2) is 13.1 Å². The highest BCUT2D eigenvalue weighted by Crippen LogP contribution is 2.28. The van der Waals surface area contributed by atoms with Crippen molar-refractivity contribution in [3.8, 4) is 16.9 Å². The van der Waals surface area contributed by atoms with Crippen LogP contribution in [0.4, 0.5) is 0 Å². The Morgan fingerprint density at radius 1 is 0.958 bits per heavy atom. The van der Waals surface area contributed by atoms with Crippen molar-refractivity contribution in [1.29, 1.82) is 0 Å². The summed E-state index contributed by atoms with van der Waals surface area (Å²) in [6.07, 6.45) is 0. The van der Waals surface area contributed by atoms with Crippen LogP contribution in [0.15, 0.2) is 77.7 Å². The molecule has 0 unspecified atom stereocenters. The van der Waals surface area contributed by atoms with E-state index in [9.17, 15) is 13.5 Å². The zero-order chi connectivity index (χ0) is 17.0. The van der Waals surface area contributed by atoms with Gasteiger partial charge < -0.3 is 5.11 Å². The number of hydrogen-bond donors (Lipinski definition) is 2. The second-order valence-electron chi connectivity index (χ2n) is 5.27. The fourth-order valence-corrected chi connectivity index (χ4v) is 3.40. The molecule has 5 heteroatoms. The number of aromatic hydroxyl groups is 1. The summed E-state index contributed by atoms with van der Waals surface area (Å²) in [6, 6.07) is 23.6. The molecule has 121 valence electrons. The molecule has 0 fully saturated rings. The lowest BCUT2D eigenvalue weighted by molar-refractivity contribution is 0.477. The summed E-state index contributed by atoms with van der Waals surface area (Å²) < 4.78 is 27.1. The van der Waals surface area contributed by atoms with Crippen LogP contribution in [-0.4, -0.2) is 13.5 Å². The van der Waals surface area contributed by atoms with E-state index in [1.165, 1.54) is 0 Å². The van der Waals surface area contributed by atoms with E-state index in [0.717, 1.165) is 11.1 Å². The zero-order valence-electron chi connectivity index (χ0n) is 12.8. The molecular formula is C19H16NO3S. The van der Waals surface area contributed by atoms with E-state index in [-0.39, 0.29) is 17.2 Å². The van der Waals surface area contributed by atoms with Crippen LogP contribution in [-0.2, 0) is 16.6 Å². The molecule has 3 aromatic rings. The molecule has 0 atom stereocenters. The van der Waals surface area contributed by atoms with Crippen molar-refractivity contribution < 1.29 is 13.5 Å². The second kappa shape index (κ2) is 6.86. The molecule has 0 spiro atoms. The van der Waals surface area contributed by atoms with E-state index in [1.807, 2.05) is 24.3 Å². The van der Waals surface area contributed by atoms with Crippen LogP contribution in [0.5, 0.6) is 5.75 Å².